The zero-order valence-electron chi connectivity index (χ0n) is 18.8. The summed E-state index contributed by atoms with van der Waals surface area (Å²) in [4.78, 5) is 19.9. The van der Waals surface area contributed by atoms with E-state index in [1.165, 1.54) is 12.1 Å². The number of halogens is 2. The lowest BCUT2D eigenvalue weighted by Crippen LogP contribution is -2.32. The summed E-state index contributed by atoms with van der Waals surface area (Å²) in [6.45, 7) is 5.86. The molecule has 8 heteroatoms. The topological polar surface area (TPSA) is 56.6 Å². The lowest BCUT2D eigenvalue weighted by molar-refractivity contribution is -0.140. The highest BCUT2D eigenvalue weighted by Crippen LogP contribution is 2.57. The molecule has 174 valence electrons. The van der Waals surface area contributed by atoms with Crippen LogP contribution in [0.15, 0.2) is 36.4 Å². The van der Waals surface area contributed by atoms with Crippen LogP contribution in [0.25, 0.3) is 11.0 Å². The van der Waals surface area contributed by atoms with Gasteiger partial charge in [-0.2, -0.15) is 0 Å². The van der Waals surface area contributed by atoms with Crippen molar-refractivity contribution in [3.63, 3.8) is 0 Å². The van der Waals surface area contributed by atoms with Gasteiger partial charge in [0.15, 0.2) is 6.29 Å². The molecule has 1 aromatic heterocycles. The molecule has 2 heterocycles. The van der Waals surface area contributed by atoms with E-state index in [1.807, 2.05) is 32.0 Å². The second kappa shape index (κ2) is 8.70. The first-order valence-corrected chi connectivity index (χ1v) is 11.8. The molecule has 33 heavy (non-hydrogen) atoms. The number of amides is 1. The molecule has 0 atom stereocenters. The van der Waals surface area contributed by atoms with Gasteiger partial charge in [-0.1, -0.05) is 17.7 Å². The summed E-state index contributed by atoms with van der Waals surface area (Å²) in [7, 11) is 0. The standard InChI is InChI=1S/C25H27ClFN3O3/c1-3-32-23(33-4-2)9-12-29-20-8-5-16(26)13-19(20)28-22(29)15-30-21-14-17(27)6-7-18(21)25(10-11-25)24(30)31/h5-8,13-14,23H,3-4,9-12,15H2,1-2H3. The van der Waals surface area contributed by atoms with Crippen LogP contribution in [0.4, 0.5) is 10.1 Å². The molecule has 1 spiro atoms. The number of ether oxygens (including phenoxy) is 2. The monoisotopic (exact) mass is 471 g/mol. The smallest absolute Gasteiger partial charge is 0.238 e. The van der Waals surface area contributed by atoms with Crippen LogP contribution in [0.1, 0.15) is 44.5 Å². The van der Waals surface area contributed by atoms with Gasteiger partial charge in [0, 0.05) is 31.2 Å². The van der Waals surface area contributed by atoms with Gasteiger partial charge in [-0.25, -0.2) is 9.37 Å². The van der Waals surface area contributed by atoms with Gasteiger partial charge < -0.3 is 18.9 Å². The molecule has 3 aromatic rings. The lowest BCUT2D eigenvalue weighted by atomic mass is 9.98. The summed E-state index contributed by atoms with van der Waals surface area (Å²) in [5.74, 6) is 0.405. The second-order valence-corrected chi connectivity index (χ2v) is 9.01. The van der Waals surface area contributed by atoms with E-state index >= 15 is 0 Å². The maximum absolute atomic E-state index is 14.1. The molecule has 1 aliphatic carbocycles. The van der Waals surface area contributed by atoms with Crippen LogP contribution in [0.2, 0.25) is 5.02 Å². The van der Waals surface area contributed by atoms with E-state index in [0.717, 1.165) is 35.3 Å². The molecule has 0 unspecified atom stereocenters. The maximum atomic E-state index is 14.1. The van der Waals surface area contributed by atoms with E-state index in [1.54, 1.807) is 11.0 Å². The first kappa shape index (κ1) is 22.3. The van der Waals surface area contributed by atoms with Crippen molar-refractivity contribution in [1.82, 2.24) is 9.55 Å². The second-order valence-electron chi connectivity index (χ2n) is 8.58. The van der Waals surface area contributed by atoms with Crippen LogP contribution >= 0.6 is 11.6 Å². The first-order valence-electron chi connectivity index (χ1n) is 11.5. The predicted octanol–water partition coefficient (Wildman–Crippen LogP) is 5.20. The molecule has 2 aromatic carbocycles. The summed E-state index contributed by atoms with van der Waals surface area (Å²) in [6, 6.07) is 10.2. The molecule has 1 saturated carbocycles. The number of hydrogen-bond acceptors (Lipinski definition) is 4. The Balaban J connectivity index is 1.50. The Morgan fingerprint density at radius 3 is 2.61 bits per heavy atom. The van der Waals surface area contributed by atoms with E-state index in [4.69, 9.17) is 26.1 Å². The molecule has 0 radical (unpaired) electrons. The van der Waals surface area contributed by atoms with E-state index in [2.05, 4.69) is 4.57 Å². The SMILES string of the molecule is CCOC(CCn1c(CN2C(=O)C3(CC3)c3ccc(F)cc32)nc2cc(Cl)ccc21)OCC. The zero-order chi connectivity index (χ0) is 23.2. The van der Waals surface area contributed by atoms with Gasteiger partial charge >= 0.3 is 0 Å². The van der Waals surface area contributed by atoms with Crippen molar-refractivity contribution in [2.24, 2.45) is 0 Å². The zero-order valence-corrected chi connectivity index (χ0v) is 19.6. The quantitative estimate of drug-likeness (QED) is 0.403. The number of aromatic nitrogens is 2. The Morgan fingerprint density at radius 2 is 1.91 bits per heavy atom. The third kappa shape index (κ3) is 3.92. The Labute approximate surface area is 197 Å². The third-order valence-corrected chi connectivity index (χ3v) is 6.79. The number of rotatable bonds is 9. The fraction of sp³-hybridized carbons (Fsp3) is 0.440. The minimum absolute atomic E-state index is 0.0289. The number of aryl methyl sites for hydroxylation is 1. The Kier molecular flexibility index (Phi) is 5.89. The molecule has 0 N–H and O–H groups in total. The summed E-state index contributed by atoms with van der Waals surface area (Å²) in [5, 5.41) is 0.599. The van der Waals surface area contributed by atoms with Crippen molar-refractivity contribution < 1.29 is 18.7 Å². The Hall–Kier alpha value is -2.48. The van der Waals surface area contributed by atoms with Gasteiger partial charge in [0.25, 0.3) is 0 Å². The number of carbonyl (C=O) groups is 1. The van der Waals surface area contributed by atoms with Crippen molar-refractivity contribution in [3.05, 3.63) is 58.6 Å². The van der Waals surface area contributed by atoms with Crippen molar-refractivity contribution in [2.45, 2.75) is 57.9 Å². The maximum Gasteiger partial charge on any atom is 0.238 e. The van der Waals surface area contributed by atoms with Crippen molar-refractivity contribution in [1.29, 1.82) is 0 Å². The number of benzene rings is 2. The molecule has 1 amide bonds. The molecule has 5 rings (SSSR count). The van der Waals surface area contributed by atoms with Gasteiger partial charge in [0.05, 0.1) is 28.7 Å². The van der Waals surface area contributed by atoms with E-state index in [0.29, 0.717) is 36.9 Å². The number of carbonyl (C=O) groups excluding carboxylic acids is 1. The minimum atomic E-state index is -0.488. The summed E-state index contributed by atoms with van der Waals surface area (Å²) < 4.78 is 27.6. The summed E-state index contributed by atoms with van der Waals surface area (Å²) >= 11 is 6.22. The van der Waals surface area contributed by atoms with Gasteiger partial charge in [-0.15, -0.1) is 0 Å². The van der Waals surface area contributed by atoms with Crippen LogP contribution in [0.5, 0.6) is 0 Å². The molecule has 6 nitrogen and oxygen atoms in total. The normalized spacial score (nSPS) is 16.4. The largest absolute Gasteiger partial charge is 0.353 e. The number of hydrogen-bond donors (Lipinski definition) is 0. The summed E-state index contributed by atoms with van der Waals surface area (Å²) in [5.41, 5.74) is 2.77. The van der Waals surface area contributed by atoms with Gasteiger partial charge in [-0.3, -0.25) is 4.79 Å². The number of imidazole rings is 1. The minimum Gasteiger partial charge on any atom is -0.353 e. The van der Waals surface area contributed by atoms with Crippen LogP contribution in [-0.2, 0) is 32.8 Å². The molecular formula is C25H27ClFN3O3. The van der Waals surface area contributed by atoms with Crippen molar-refractivity contribution >= 4 is 34.2 Å². The van der Waals surface area contributed by atoms with E-state index in [-0.39, 0.29) is 24.6 Å². The van der Waals surface area contributed by atoms with Crippen LogP contribution < -0.4 is 4.90 Å². The van der Waals surface area contributed by atoms with Crippen molar-refractivity contribution in [2.75, 3.05) is 18.1 Å². The number of nitrogens with zero attached hydrogens (tertiary/aromatic N) is 3. The number of fused-ring (bicyclic) bond motifs is 3. The van der Waals surface area contributed by atoms with E-state index in [9.17, 15) is 9.18 Å². The van der Waals surface area contributed by atoms with E-state index < -0.39 is 5.41 Å². The molecule has 1 aliphatic heterocycles. The number of anilines is 1. The fourth-order valence-corrected chi connectivity index (χ4v) is 5.03. The highest BCUT2D eigenvalue weighted by molar-refractivity contribution is 6.31. The predicted molar refractivity (Wildman–Crippen MR) is 125 cm³/mol. The average Bonchev–Trinajstić information content (AvgIpc) is 3.48. The van der Waals surface area contributed by atoms with Crippen LogP contribution in [-0.4, -0.2) is 35.0 Å². The molecule has 0 saturated heterocycles. The highest BCUT2D eigenvalue weighted by atomic mass is 35.5. The van der Waals surface area contributed by atoms with Crippen LogP contribution in [0.3, 0.4) is 0 Å². The fourth-order valence-electron chi connectivity index (χ4n) is 4.87. The van der Waals surface area contributed by atoms with Gasteiger partial charge in [0.1, 0.15) is 11.6 Å². The van der Waals surface area contributed by atoms with Crippen LogP contribution in [0, 0.1) is 5.82 Å². The molecule has 0 bridgehead atoms. The molecular weight excluding hydrogens is 445 g/mol. The Morgan fingerprint density at radius 1 is 1.15 bits per heavy atom. The summed E-state index contributed by atoms with van der Waals surface area (Å²) in [6.07, 6.45) is 1.91. The third-order valence-electron chi connectivity index (χ3n) is 6.55. The highest BCUT2D eigenvalue weighted by Gasteiger charge is 2.59. The van der Waals surface area contributed by atoms with Gasteiger partial charge in [-0.05, 0) is 62.6 Å². The average molecular weight is 472 g/mol. The molecule has 2 aliphatic rings. The van der Waals surface area contributed by atoms with Gasteiger partial charge in [0.2, 0.25) is 5.91 Å². The first-order chi connectivity index (χ1) is 16.0. The Bertz CT molecular complexity index is 1200. The van der Waals surface area contributed by atoms with Crippen molar-refractivity contribution in [3.8, 4) is 0 Å². The molecule has 1 fully saturated rings. The lowest BCUT2D eigenvalue weighted by Gasteiger charge is -2.21.